The van der Waals surface area contributed by atoms with E-state index in [0.29, 0.717) is 5.92 Å². The summed E-state index contributed by atoms with van der Waals surface area (Å²) < 4.78 is 2.36. The summed E-state index contributed by atoms with van der Waals surface area (Å²) in [6.07, 6.45) is 4.23. The molecule has 4 rings (SSSR count). The van der Waals surface area contributed by atoms with Crippen molar-refractivity contribution in [3.05, 3.63) is 89.0 Å². The highest BCUT2D eigenvalue weighted by molar-refractivity contribution is 5.32. The van der Waals surface area contributed by atoms with E-state index in [9.17, 15) is 0 Å². The molecule has 2 heterocycles. The van der Waals surface area contributed by atoms with Gasteiger partial charge in [0.05, 0.1) is 11.6 Å². The third-order valence-corrected chi connectivity index (χ3v) is 5.62. The molecule has 1 aliphatic rings. The van der Waals surface area contributed by atoms with E-state index in [4.69, 9.17) is 10.2 Å². The van der Waals surface area contributed by atoms with Crippen LogP contribution in [-0.4, -0.2) is 27.5 Å². The molecule has 3 aromatic rings. The lowest BCUT2D eigenvalue weighted by Gasteiger charge is -2.17. The van der Waals surface area contributed by atoms with Crippen LogP contribution in [-0.2, 0) is 19.5 Å². The number of benzene rings is 2. The smallest absolute Gasteiger partial charge is 0.109 e. The largest absolute Gasteiger partial charge is 0.328 e. The Morgan fingerprint density at radius 1 is 1.07 bits per heavy atom. The summed E-state index contributed by atoms with van der Waals surface area (Å²) in [5, 5.41) is 9.09. The number of aromatic nitrogens is 2. The second kappa shape index (κ2) is 8.41. The molecule has 1 unspecified atom stereocenters. The van der Waals surface area contributed by atoms with Crippen molar-refractivity contribution in [3.63, 3.8) is 0 Å². The zero-order valence-electron chi connectivity index (χ0n) is 16.4. The molecule has 0 spiro atoms. The summed E-state index contributed by atoms with van der Waals surface area (Å²) in [6, 6.07) is 20.8. The Hall–Kier alpha value is -2.90. The monoisotopic (exact) mass is 370 g/mol. The van der Waals surface area contributed by atoms with E-state index in [0.717, 1.165) is 38.2 Å². The molecule has 0 saturated carbocycles. The molecule has 0 radical (unpaired) electrons. The van der Waals surface area contributed by atoms with Gasteiger partial charge in [-0.05, 0) is 49.1 Å². The van der Waals surface area contributed by atoms with Gasteiger partial charge in [0.1, 0.15) is 5.82 Å². The average molecular weight is 371 g/mol. The Bertz CT molecular complexity index is 968. The van der Waals surface area contributed by atoms with Gasteiger partial charge in [-0.1, -0.05) is 42.5 Å². The van der Waals surface area contributed by atoms with Gasteiger partial charge in [-0.15, -0.1) is 0 Å². The van der Waals surface area contributed by atoms with Crippen molar-refractivity contribution in [3.8, 4) is 6.07 Å². The van der Waals surface area contributed by atoms with Gasteiger partial charge < -0.3 is 4.57 Å². The molecule has 0 bridgehead atoms. The van der Waals surface area contributed by atoms with Crippen LogP contribution in [0.25, 0.3) is 0 Å². The van der Waals surface area contributed by atoms with Crippen LogP contribution in [0.4, 0.5) is 0 Å². The zero-order valence-corrected chi connectivity index (χ0v) is 16.4. The van der Waals surface area contributed by atoms with Crippen LogP contribution in [0.3, 0.4) is 0 Å². The third kappa shape index (κ3) is 4.32. The molecule has 1 atom stereocenters. The molecular formula is C24H26N4. The molecule has 1 aliphatic heterocycles. The first-order valence-electron chi connectivity index (χ1n) is 9.97. The maximum absolute atomic E-state index is 9.09. The van der Waals surface area contributed by atoms with Crippen molar-refractivity contribution >= 4 is 0 Å². The number of likely N-dealkylation sites (tertiary alicyclic amines) is 1. The Morgan fingerprint density at radius 3 is 2.71 bits per heavy atom. The molecule has 142 valence electrons. The lowest BCUT2D eigenvalue weighted by atomic mass is 10.0. The van der Waals surface area contributed by atoms with Crippen molar-refractivity contribution in [2.45, 2.75) is 32.9 Å². The van der Waals surface area contributed by atoms with E-state index in [1.54, 1.807) is 0 Å². The predicted molar refractivity (Wildman–Crippen MR) is 111 cm³/mol. The maximum Gasteiger partial charge on any atom is 0.109 e. The molecule has 1 fully saturated rings. The molecule has 4 heteroatoms. The Morgan fingerprint density at radius 2 is 1.89 bits per heavy atom. The molecular weight excluding hydrogens is 344 g/mol. The number of nitriles is 1. The summed E-state index contributed by atoms with van der Waals surface area (Å²) in [4.78, 5) is 7.21. The molecule has 0 N–H and O–H groups in total. The van der Waals surface area contributed by atoms with Crippen molar-refractivity contribution in [2.24, 2.45) is 5.92 Å². The maximum atomic E-state index is 9.09. The number of hydrogen-bond acceptors (Lipinski definition) is 3. The summed E-state index contributed by atoms with van der Waals surface area (Å²) in [5.41, 5.74) is 4.50. The Kier molecular flexibility index (Phi) is 5.55. The van der Waals surface area contributed by atoms with E-state index in [1.807, 2.05) is 24.4 Å². The number of aryl methyl sites for hydroxylation is 1. The summed E-state index contributed by atoms with van der Waals surface area (Å²) >= 11 is 0. The lowest BCUT2D eigenvalue weighted by Crippen LogP contribution is -2.21. The molecule has 1 saturated heterocycles. The number of hydrogen-bond donors (Lipinski definition) is 0. The van der Waals surface area contributed by atoms with Gasteiger partial charge in [0.25, 0.3) is 0 Å². The van der Waals surface area contributed by atoms with Crippen LogP contribution >= 0.6 is 0 Å². The number of imidazole rings is 1. The van der Waals surface area contributed by atoms with Gasteiger partial charge in [0, 0.05) is 37.9 Å². The van der Waals surface area contributed by atoms with Crippen LogP contribution in [0.15, 0.2) is 60.8 Å². The van der Waals surface area contributed by atoms with Gasteiger partial charge in [-0.25, -0.2) is 4.98 Å². The normalized spacial score (nSPS) is 16.9. The molecule has 0 amide bonds. The first kappa shape index (κ1) is 18.5. The van der Waals surface area contributed by atoms with Crippen LogP contribution in [0.2, 0.25) is 0 Å². The second-order valence-corrected chi connectivity index (χ2v) is 7.79. The predicted octanol–water partition coefficient (Wildman–Crippen LogP) is 4.18. The van der Waals surface area contributed by atoms with Gasteiger partial charge in [-0.3, -0.25) is 4.90 Å². The molecule has 4 nitrogen and oxygen atoms in total. The zero-order chi connectivity index (χ0) is 19.3. The summed E-state index contributed by atoms with van der Waals surface area (Å²) in [6.45, 7) is 6.15. The van der Waals surface area contributed by atoms with E-state index in [1.165, 1.54) is 29.1 Å². The highest BCUT2D eigenvalue weighted by atomic mass is 15.1. The summed E-state index contributed by atoms with van der Waals surface area (Å²) in [5.74, 6) is 1.83. The first-order valence-corrected chi connectivity index (χ1v) is 9.97. The fourth-order valence-electron chi connectivity index (χ4n) is 4.13. The van der Waals surface area contributed by atoms with Crippen LogP contribution in [0.5, 0.6) is 0 Å². The van der Waals surface area contributed by atoms with E-state index in [-0.39, 0.29) is 0 Å². The molecule has 28 heavy (non-hydrogen) atoms. The van der Waals surface area contributed by atoms with E-state index in [2.05, 4.69) is 58.9 Å². The van der Waals surface area contributed by atoms with Crippen molar-refractivity contribution in [1.82, 2.24) is 14.5 Å². The third-order valence-electron chi connectivity index (χ3n) is 5.62. The fraction of sp³-hybridized carbons (Fsp3) is 0.333. The van der Waals surface area contributed by atoms with Crippen LogP contribution < -0.4 is 0 Å². The highest BCUT2D eigenvalue weighted by Crippen LogP contribution is 2.23. The van der Waals surface area contributed by atoms with Crippen molar-refractivity contribution in [1.29, 1.82) is 5.26 Å². The highest BCUT2D eigenvalue weighted by Gasteiger charge is 2.24. The summed E-state index contributed by atoms with van der Waals surface area (Å²) in [7, 11) is 0. The minimum atomic E-state index is 0.635. The van der Waals surface area contributed by atoms with Crippen LogP contribution in [0, 0.1) is 24.2 Å². The van der Waals surface area contributed by atoms with Crippen LogP contribution in [0.1, 0.15) is 34.6 Å². The minimum absolute atomic E-state index is 0.635. The molecule has 1 aromatic heterocycles. The van der Waals surface area contributed by atoms with E-state index < -0.39 is 0 Å². The van der Waals surface area contributed by atoms with Crippen molar-refractivity contribution < 1.29 is 0 Å². The number of rotatable bonds is 6. The Labute approximate surface area is 167 Å². The topological polar surface area (TPSA) is 44.9 Å². The molecule has 2 aromatic carbocycles. The van der Waals surface area contributed by atoms with Gasteiger partial charge in [-0.2, -0.15) is 5.26 Å². The van der Waals surface area contributed by atoms with E-state index >= 15 is 0 Å². The van der Waals surface area contributed by atoms with Gasteiger partial charge >= 0.3 is 0 Å². The fourth-order valence-corrected chi connectivity index (χ4v) is 4.13. The standard InChI is InChI=1S/C24H26N4/c1-19-15-26-24(28(19)18-20-6-3-2-4-7-20)13-23-10-11-27(17-23)16-22-9-5-8-21(12-22)14-25/h2-9,12,15,23H,10-11,13,16-18H2,1H3. The minimum Gasteiger partial charge on any atom is -0.328 e. The van der Waals surface area contributed by atoms with Gasteiger partial charge in [0.15, 0.2) is 0 Å². The Balaban J connectivity index is 1.39. The number of nitrogens with zero attached hydrogens (tertiary/aromatic N) is 4. The quantitative estimate of drug-likeness (QED) is 0.654. The first-order chi connectivity index (χ1) is 13.7. The average Bonchev–Trinajstić information content (AvgIpc) is 3.30. The SMILES string of the molecule is Cc1cnc(CC2CCN(Cc3cccc(C#N)c3)C2)n1Cc1ccccc1. The van der Waals surface area contributed by atoms with Gasteiger partial charge in [0.2, 0.25) is 0 Å². The lowest BCUT2D eigenvalue weighted by molar-refractivity contribution is 0.315. The van der Waals surface area contributed by atoms with Crippen molar-refractivity contribution in [2.75, 3.05) is 13.1 Å². The second-order valence-electron chi connectivity index (χ2n) is 7.79. The molecule has 0 aliphatic carbocycles.